The fourth-order valence-corrected chi connectivity index (χ4v) is 9.71. The Kier molecular flexibility index (Phi) is 17.4. The molecule has 6 heterocycles. The molecule has 2 fully saturated rings. The molecule has 2 unspecified atom stereocenters. The second-order valence-electron chi connectivity index (χ2n) is 16.3. The average Bonchev–Trinajstić information content (AvgIpc) is 3.98. The Hall–Kier alpha value is -5.05. The summed E-state index contributed by atoms with van der Waals surface area (Å²) >= 11 is 40.9. The first-order chi connectivity index (χ1) is 32.9. The van der Waals surface area contributed by atoms with E-state index in [1.165, 1.54) is 11.4 Å². The summed E-state index contributed by atoms with van der Waals surface area (Å²) in [5.41, 5.74) is 6.91. The van der Waals surface area contributed by atoms with Crippen LogP contribution in [0, 0.1) is 0 Å². The highest BCUT2D eigenvalue weighted by Gasteiger charge is 2.38. The molecular weight excluding hydrogens is 1020 g/mol. The Labute approximate surface area is 437 Å². The number of nitrogens with one attached hydrogen (secondary N) is 2. The summed E-state index contributed by atoms with van der Waals surface area (Å²) in [5, 5.41) is 18.1. The number of amides is 2. The molecule has 2 amide bonds. The number of hydrogen-bond acceptors (Lipinski definition) is 8. The van der Waals surface area contributed by atoms with Gasteiger partial charge in [0, 0.05) is 81.2 Å². The SMILES string of the molecule is C.CC1=C(C(=O)N2CCN(c3ccccc3)CC2)C(c2ccc(Cl)c(Cl)c2)n2ncc(Cl)c2N1.CC1=C(C(=O)N2CCN(c3ccccc3)CC2)C(c2ccc(Cl)c(Cl)c2)n2nccc2N1.ClCCl. The van der Waals surface area contributed by atoms with Gasteiger partial charge in [-0.25, -0.2) is 9.36 Å². The zero-order valence-corrected chi connectivity index (χ0v) is 42.3. The molecule has 6 aromatic rings. The topological polar surface area (TPSA) is 107 Å². The number of rotatable bonds is 6. The number of fused-ring (bicyclic) bond motifs is 2. The van der Waals surface area contributed by atoms with Crippen molar-refractivity contribution in [3.63, 3.8) is 0 Å². The minimum absolute atomic E-state index is 0. The Morgan fingerprint density at radius 3 is 1.43 bits per heavy atom. The molecule has 0 spiro atoms. The maximum atomic E-state index is 13.8. The number of hydrogen-bond donors (Lipinski definition) is 2. The summed E-state index contributed by atoms with van der Waals surface area (Å²) in [7, 11) is 0. The molecule has 4 aliphatic heterocycles. The Morgan fingerprint density at radius 2 is 0.986 bits per heavy atom. The zero-order chi connectivity index (χ0) is 48.1. The van der Waals surface area contributed by atoms with Gasteiger partial charge in [0.2, 0.25) is 0 Å². The number of alkyl halides is 2. The van der Waals surface area contributed by atoms with Gasteiger partial charge < -0.3 is 30.2 Å². The highest BCUT2D eigenvalue weighted by Crippen LogP contribution is 2.42. The van der Waals surface area contributed by atoms with E-state index < -0.39 is 6.04 Å². The van der Waals surface area contributed by atoms with Crippen LogP contribution in [0.25, 0.3) is 0 Å². The normalized spacial score (nSPS) is 17.5. The van der Waals surface area contributed by atoms with Crippen LogP contribution in [-0.4, -0.2) is 98.9 Å². The molecule has 0 bridgehead atoms. The van der Waals surface area contributed by atoms with E-state index in [0.717, 1.165) is 54.5 Å². The number of para-hydroxylation sites is 2. The number of carbonyl (C=O) groups is 2. The molecule has 2 N–H and O–H groups in total. The molecule has 2 saturated heterocycles. The minimum Gasteiger partial charge on any atom is -0.368 e. The third kappa shape index (κ3) is 11.3. The standard InChI is InChI=1S/C24H22Cl3N5O.C24H23Cl2N5O.CH2Cl2.CH4/c1-15-21(24(33)31-11-9-30(10-12-31)17-5-3-2-4-6-17)22(16-7-8-18(25)19(26)13-16)32-23(29-15)20(27)14-28-32;1-16-22(24(32)30-13-11-29(12-14-30)18-5-3-2-4-6-18)23(31-21(28-16)9-10-27-31)17-7-8-19(25)20(26)15-17;2-1-3;/h2-8,13-14,22,29H,9-12H2,1H3;2-10,15,23,28H,11-14H2,1H3;1H2;1H4. The molecule has 362 valence electrons. The number of carbonyl (C=O) groups excluding carboxylic acids is 2. The summed E-state index contributed by atoms with van der Waals surface area (Å²) in [6.45, 7) is 9.53. The Morgan fingerprint density at radius 1 is 0.551 bits per heavy atom. The van der Waals surface area contributed by atoms with Crippen molar-refractivity contribution in [3.8, 4) is 0 Å². The van der Waals surface area contributed by atoms with Gasteiger partial charge in [0.05, 0.1) is 49.0 Å². The smallest absolute Gasteiger partial charge is 0.254 e. The van der Waals surface area contributed by atoms with Crippen molar-refractivity contribution in [1.82, 2.24) is 29.4 Å². The van der Waals surface area contributed by atoms with E-state index in [4.69, 9.17) is 81.2 Å². The zero-order valence-electron chi connectivity index (χ0n) is 37.0. The number of anilines is 4. The first-order valence-corrected chi connectivity index (χ1v) is 24.8. The quantitative estimate of drug-likeness (QED) is 0.159. The lowest BCUT2D eigenvalue weighted by Gasteiger charge is -2.38. The largest absolute Gasteiger partial charge is 0.368 e. The monoisotopic (exact) mass is 1070 g/mol. The molecule has 0 radical (unpaired) electrons. The first-order valence-electron chi connectivity index (χ1n) is 21.8. The van der Waals surface area contributed by atoms with Crippen LogP contribution in [-0.2, 0) is 9.59 Å². The predicted octanol–water partition coefficient (Wildman–Crippen LogP) is 12.4. The van der Waals surface area contributed by atoms with Gasteiger partial charge in [-0.3, -0.25) is 9.59 Å². The van der Waals surface area contributed by atoms with Crippen LogP contribution in [0.15, 0.2) is 138 Å². The van der Waals surface area contributed by atoms with E-state index in [9.17, 15) is 9.59 Å². The Bertz CT molecular complexity index is 2820. The highest BCUT2D eigenvalue weighted by atomic mass is 35.5. The molecule has 69 heavy (non-hydrogen) atoms. The van der Waals surface area contributed by atoms with Crippen LogP contribution >= 0.6 is 81.2 Å². The number of halogens is 7. The van der Waals surface area contributed by atoms with Gasteiger partial charge in [-0.05, 0) is 73.5 Å². The molecule has 2 atom stereocenters. The molecule has 12 nitrogen and oxygen atoms in total. The maximum Gasteiger partial charge on any atom is 0.254 e. The molecule has 19 heteroatoms. The van der Waals surface area contributed by atoms with Gasteiger partial charge in [-0.15, -0.1) is 23.2 Å². The first kappa shape index (κ1) is 51.8. The molecule has 0 saturated carbocycles. The minimum atomic E-state index is -0.469. The predicted molar refractivity (Wildman–Crippen MR) is 285 cm³/mol. The molecule has 4 aromatic carbocycles. The number of nitrogens with zero attached hydrogens (tertiary/aromatic N) is 8. The summed E-state index contributed by atoms with van der Waals surface area (Å²) < 4.78 is 3.57. The summed E-state index contributed by atoms with van der Waals surface area (Å²) in [5.74, 6) is 1.47. The van der Waals surface area contributed by atoms with Gasteiger partial charge in [-0.2, -0.15) is 10.2 Å². The molecular formula is C50H51Cl7N10O2. The van der Waals surface area contributed by atoms with Crippen LogP contribution in [0.3, 0.4) is 0 Å². The number of allylic oxidation sites excluding steroid dienone is 2. The lowest BCUT2D eigenvalue weighted by atomic mass is 9.94. The van der Waals surface area contributed by atoms with Gasteiger partial charge >= 0.3 is 0 Å². The molecule has 2 aromatic heterocycles. The van der Waals surface area contributed by atoms with Crippen LogP contribution in [0.2, 0.25) is 25.1 Å². The van der Waals surface area contributed by atoms with E-state index in [-0.39, 0.29) is 30.6 Å². The van der Waals surface area contributed by atoms with Gasteiger partial charge in [0.1, 0.15) is 28.7 Å². The Balaban J connectivity index is 0.000000190. The van der Waals surface area contributed by atoms with Crippen molar-refractivity contribution in [3.05, 3.63) is 174 Å². The van der Waals surface area contributed by atoms with E-state index >= 15 is 0 Å². The lowest BCUT2D eigenvalue weighted by Crippen LogP contribution is -2.50. The van der Waals surface area contributed by atoms with Crippen molar-refractivity contribution in [2.24, 2.45) is 0 Å². The average molecular weight is 1070 g/mol. The van der Waals surface area contributed by atoms with Crippen molar-refractivity contribution in [2.75, 3.05) is 78.1 Å². The second kappa shape index (κ2) is 23.2. The number of piperazine rings is 2. The third-order valence-electron chi connectivity index (χ3n) is 12.2. The van der Waals surface area contributed by atoms with Crippen molar-refractivity contribution in [2.45, 2.75) is 33.4 Å². The van der Waals surface area contributed by atoms with Crippen LogP contribution in [0.5, 0.6) is 0 Å². The fraction of sp³-hybridized carbons (Fsp3) is 0.280. The number of aromatic nitrogens is 4. The summed E-state index contributed by atoms with van der Waals surface area (Å²) in [6.07, 6.45) is 3.31. The van der Waals surface area contributed by atoms with Gasteiger partial charge in [-0.1, -0.05) is 114 Å². The molecule has 10 rings (SSSR count). The van der Waals surface area contributed by atoms with Crippen LogP contribution < -0.4 is 20.4 Å². The lowest BCUT2D eigenvalue weighted by molar-refractivity contribution is -0.128. The van der Waals surface area contributed by atoms with E-state index in [1.807, 2.05) is 89.0 Å². The summed E-state index contributed by atoms with van der Waals surface area (Å²) in [6, 6.07) is 32.5. The van der Waals surface area contributed by atoms with E-state index in [2.05, 4.69) is 54.9 Å². The fourth-order valence-electron chi connectivity index (χ4n) is 8.92. The van der Waals surface area contributed by atoms with Crippen LogP contribution in [0.1, 0.15) is 44.5 Å². The highest BCUT2D eigenvalue weighted by molar-refractivity contribution is 6.42. The molecule has 4 aliphatic rings. The maximum absolute atomic E-state index is 13.8. The van der Waals surface area contributed by atoms with E-state index in [1.54, 1.807) is 35.3 Å². The van der Waals surface area contributed by atoms with Gasteiger partial charge in [0.25, 0.3) is 11.8 Å². The van der Waals surface area contributed by atoms with Crippen molar-refractivity contribution in [1.29, 1.82) is 0 Å². The van der Waals surface area contributed by atoms with Crippen LogP contribution in [0.4, 0.5) is 23.0 Å². The molecule has 0 aliphatic carbocycles. The van der Waals surface area contributed by atoms with Gasteiger partial charge in [0.15, 0.2) is 0 Å². The van der Waals surface area contributed by atoms with Crippen molar-refractivity contribution < 1.29 is 9.59 Å². The number of benzene rings is 4. The third-order valence-corrected chi connectivity index (χ3v) is 14.0. The summed E-state index contributed by atoms with van der Waals surface area (Å²) in [4.78, 5) is 36.1. The van der Waals surface area contributed by atoms with E-state index in [0.29, 0.717) is 68.3 Å². The van der Waals surface area contributed by atoms with Crippen molar-refractivity contribution >= 4 is 116 Å². The second-order valence-corrected chi connectivity index (χ2v) is 19.1.